The number of hydrogen-bond donors (Lipinski definition) is 2. The van der Waals surface area contributed by atoms with E-state index in [9.17, 15) is 14.7 Å². The van der Waals surface area contributed by atoms with E-state index in [1.807, 2.05) is 0 Å². The van der Waals surface area contributed by atoms with Crippen LogP contribution in [0.1, 0.15) is 63.9 Å². The van der Waals surface area contributed by atoms with Gasteiger partial charge in [0.05, 0.1) is 12.4 Å². The summed E-state index contributed by atoms with van der Waals surface area (Å²) in [6.45, 7) is 8.52. The summed E-state index contributed by atoms with van der Waals surface area (Å²) in [6, 6.07) is -0.822. The molecule has 4 N–H and O–H groups in total. The fraction of sp³-hybridized carbons (Fsp3) is 0.478. The van der Waals surface area contributed by atoms with Crippen molar-refractivity contribution >= 4 is 29.5 Å². The second-order valence-corrected chi connectivity index (χ2v) is 8.72. The maximum atomic E-state index is 11.5. The van der Waals surface area contributed by atoms with Gasteiger partial charge >= 0.3 is 11.9 Å². The number of carboxylic acid groups (broad SMARTS) is 1. The molecular weight excluding hydrogens is 414 g/mol. The number of anilines is 1. The molecular formula is C23H34N3O4S+. The topological polar surface area (TPSA) is 115 Å². The minimum absolute atomic E-state index is 0.0784. The van der Waals surface area contributed by atoms with E-state index < -0.39 is 18.0 Å². The van der Waals surface area contributed by atoms with E-state index in [4.69, 9.17) is 5.11 Å². The lowest BCUT2D eigenvalue weighted by Gasteiger charge is -2.14. The van der Waals surface area contributed by atoms with E-state index in [-0.39, 0.29) is 11.5 Å². The van der Waals surface area contributed by atoms with Gasteiger partial charge in [-0.05, 0) is 53.4 Å². The number of hydrogen-bond acceptors (Lipinski definition) is 6. The van der Waals surface area contributed by atoms with E-state index in [0.717, 1.165) is 37.6 Å². The average molecular weight is 449 g/mol. The molecule has 7 nitrogen and oxygen atoms in total. The van der Waals surface area contributed by atoms with Crippen molar-refractivity contribution in [3.05, 3.63) is 53.0 Å². The zero-order chi connectivity index (χ0) is 23.2. The molecule has 31 heavy (non-hydrogen) atoms. The Bertz CT molecular complexity index is 813. The number of allylic oxidation sites excluding steroid dienone is 5. The van der Waals surface area contributed by atoms with E-state index in [2.05, 4.69) is 61.2 Å². The SMILES string of the molecule is CC(C)=CCC/C(C)=C/CC/C(C)=C/CSC[C@H](Nc1cnc(C(=O)[OH2+])cn1)C(=O)O. The van der Waals surface area contributed by atoms with Crippen LogP contribution in [0, 0.1) is 0 Å². The van der Waals surface area contributed by atoms with Gasteiger partial charge in [-0.25, -0.2) is 14.8 Å². The number of carboxylic acids is 1. The molecule has 0 unspecified atom stereocenters. The molecule has 0 amide bonds. The molecule has 0 aliphatic heterocycles. The lowest BCUT2D eigenvalue weighted by Crippen LogP contribution is -2.32. The fourth-order valence-electron chi connectivity index (χ4n) is 2.60. The van der Waals surface area contributed by atoms with Crippen LogP contribution in [0.3, 0.4) is 0 Å². The number of carbonyl (C=O) groups is 2. The zero-order valence-corrected chi connectivity index (χ0v) is 19.6. The Hall–Kier alpha value is -2.61. The van der Waals surface area contributed by atoms with Crippen molar-refractivity contribution < 1.29 is 19.8 Å². The summed E-state index contributed by atoms with van der Waals surface area (Å²) in [4.78, 5) is 30.1. The third-order valence-corrected chi connectivity index (χ3v) is 5.43. The van der Waals surface area contributed by atoms with Crippen molar-refractivity contribution in [1.29, 1.82) is 0 Å². The summed E-state index contributed by atoms with van der Waals surface area (Å²) in [5, 5.41) is 19.2. The standard InChI is InChI=1S/C23H33N3O4S/c1-16(2)7-5-8-17(3)9-6-10-18(4)11-12-31-15-20(23(29)30)26-21-14-24-19(13-25-21)22(27)28/h7,9,11,13-14,20H,5-6,8,10,12,15H2,1-4H3,(H,25,26)(H,27,28)(H,29,30)/p+1/b17-9+,18-11+/t20-/m0/s1. The largest absolute Gasteiger partial charge is 0.569 e. The molecule has 0 aliphatic carbocycles. The van der Waals surface area contributed by atoms with Crippen molar-refractivity contribution in [2.45, 2.75) is 59.4 Å². The quantitative estimate of drug-likeness (QED) is 0.247. The minimum atomic E-state index is -0.982. The Balaban J connectivity index is 2.39. The van der Waals surface area contributed by atoms with Crippen molar-refractivity contribution in [1.82, 2.24) is 9.97 Å². The third kappa shape index (κ3) is 12.0. The molecule has 1 atom stereocenters. The van der Waals surface area contributed by atoms with Gasteiger partial charge < -0.3 is 15.5 Å². The second-order valence-electron chi connectivity index (χ2n) is 7.65. The van der Waals surface area contributed by atoms with Crippen LogP contribution in [0.5, 0.6) is 0 Å². The molecule has 1 aromatic heterocycles. The van der Waals surface area contributed by atoms with Crippen LogP contribution in [0.15, 0.2) is 47.3 Å². The van der Waals surface area contributed by atoms with Crippen LogP contribution in [0.2, 0.25) is 0 Å². The lowest BCUT2D eigenvalue weighted by molar-refractivity contribution is -0.137. The number of nitrogens with zero attached hydrogens (tertiary/aromatic N) is 2. The van der Waals surface area contributed by atoms with E-state index in [1.54, 1.807) is 0 Å². The summed E-state index contributed by atoms with van der Waals surface area (Å²) in [5.74, 6) is -0.552. The Morgan fingerprint density at radius 1 is 1.06 bits per heavy atom. The second kappa shape index (κ2) is 14.4. The molecule has 8 heteroatoms. The van der Waals surface area contributed by atoms with E-state index in [1.165, 1.54) is 34.7 Å². The van der Waals surface area contributed by atoms with Gasteiger partial charge in [-0.2, -0.15) is 11.8 Å². The Morgan fingerprint density at radius 2 is 1.71 bits per heavy atom. The monoisotopic (exact) mass is 448 g/mol. The summed E-state index contributed by atoms with van der Waals surface area (Å²) in [5.41, 5.74) is 3.99. The van der Waals surface area contributed by atoms with Crippen molar-refractivity contribution in [3.8, 4) is 0 Å². The third-order valence-electron chi connectivity index (χ3n) is 4.46. The van der Waals surface area contributed by atoms with Crippen LogP contribution in [-0.2, 0) is 4.79 Å². The van der Waals surface area contributed by atoms with Crippen molar-refractivity contribution in [2.24, 2.45) is 0 Å². The first-order valence-electron chi connectivity index (χ1n) is 10.3. The molecule has 1 rings (SSSR count). The van der Waals surface area contributed by atoms with Gasteiger partial charge in [0.15, 0.2) is 0 Å². The molecule has 0 saturated carbocycles. The van der Waals surface area contributed by atoms with Gasteiger partial charge in [0, 0.05) is 16.3 Å². The van der Waals surface area contributed by atoms with Gasteiger partial charge in [0.1, 0.15) is 11.9 Å². The minimum Gasteiger partial charge on any atom is -0.560 e. The molecule has 1 heterocycles. The highest BCUT2D eigenvalue weighted by Gasteiger charge is 2.19. The molecule has 0 aromatic carbocycles. The maximum Gasteiger partial charge on any atom is 0.569 e. The smallest absolute Gasteiger partial charge is 0.560 e. The summed E-state index contributed by atoms with van der Waals surface area (Å²) in [6.07, 6.45) is 13.3. The molecule has 1 aromatic rings. The Kier molecular flexibility index (Phi) is 12.3. The van der Waals surface area contributed by atoms with Gasteiger partial charge in [-0.15, -0.1) is 0 Å². The molecule has 170 valence electrons. The number of thioether (sulfide) groups is 1. The highest BCUT2D eigenvalue weighted by Crippen LogP contribution is 2.14. The number of nitrogens with one attached hydrogen (secondary N) is 1. The summed E-state index contributed by atoms with van der Waals surface area (Å²) >= 11 is 1.52. The predicted molar refractivity (Wildman–Crippen MR) is 128 cm³/mol. The first kappa shape index (κ1) is 26.4. The Morgan fingerprint density at radius 3 is 2.26 bits per heavy atom. The number of aromatic nitrogens is 2. The molecule has 0 fully saturated rings. The number of carbonyl (C=O) groups excluding carboxylic acids is 1. The van der Waals surface area contributed by atoms with Crippen molar-refractivity contribution in [2.75, 3.05) is 16.8 Å². The van der Waals surface area contributed by atoms with Crippen LogP contribution >= 0.6 is 11.8 Å². The summed E-state index contributed by atoms with van der Waals surface area (Å²) in [7, 11) is 0. The van der Waals surface area contributed by atoms with E-state index >= 15 is 0 Å². The van der Waals surface area contributed by atoms with E-state index in [0.29, 0.717) is 5.75 Å². The Labute approximate surface area is 188 Å². The molecule has 0 radical (unpaired) electrons. The zero-order valence-electron chi connectivity index (χ0n) is 18.8. The van der Waals surface area contributed by atoms with Crippen LogP contribution in [-0.4, -0.2) is 49.7 Å². The predicted octanol–water partition coefficient (Wildman–Crippen LogP) is 4.36. The normalized spacial score (nSPS) is 12.9. The van der Waals surface area contributed by atoms with Crippen LogP contribution in [0.25, 0.3) is 0 Å². The van der Waals surface area contributed by atoms with Gasteiger partial charge in [0.2, 0.25) is 5.69 Å². The number of aliphatic carboxylic acids is 1. The summed E-state index contributed by atoms with van der Waals surface area (Å²) < 4.78 is 0. The first-order chi connectivity index (χ1) is 14.7. The van der Waals surface area contributed by atoms with Crippen molar-refractivity contribution in [3.63, 3.8) is 0 Å². The first-order valence-corrected chi connectivity index (χ1v) is 11.4. The maximum absolute atomic E-state index is 11.5. The number of rotatable bonds is 14. The highest BCUT2D eigenvalue weighted by molar-refractivity contribution is 7.99. The van der Waals surface area contributed by atoms with Gasteiger partial charge in [-0.1, -0.05) is 34.9 Å². The fourth-order valence-corrected chi connectivity index (χ4v) is 3.60. The molecule has 0 bridgehead atoms. The van der Waals surface area contributed by atoms with Gasteiger partial charge in [0.25, 0.3) is 0 Å². The average Bonchev–Trinajstić information content (AvgIpc) is 2.70. The van der Waals surface area contributed by atoms with Gasteiger partial charge in [-0.3, -0.25) is 0 Å². The molecule has 0 saturated heterocycles. The lowest BCUT2D eigenvalue weighted by atomic mass is 10.1. The highest BCUT2D eigenvalue weighted by atomic mass is 32.2. The van der Waals surface area contributed by atoms with Crippen LogP contribution in [0.4, 0.5) is 5.82 Å². The molecule has 0 aliphatic rings. The van der Waals surface area contributed by atoms with Crippen LogP contribution < -0.4 is 5.32 Å². The molecule has 0 spiro atoms.